The van der Waals surface area contributed by atoms with Gasteiger partial charge in [-0.1, -0.05) is 12.8 Å². The number of nitriles is 1. The molecule has 19 heavy (non-hydrogen) atoms. The maximum absolute atomic E-state index is 9.33. The van der Waals surface area contributed by atoms with E-state index in [1.54, 1.807) is 0 Å². The van der Waals surface area contributed by atoms with Gasteiger partial charge in [-0.3, -0.25) is 4.90 Å². The number of hydrogen-bond donors (Lipinski definition) is 1. The lowest BCUT2D eigenvalue weighted by molar-refractivity contribution is 0.0234. The topological polar surface area (TPSA) is 39.1 Å². The normalized spacial score (nSPS) is 32.9. The highest BCUT2D eigenvalue weighted by atomic mass is 15.2. The highest BCUT2D eigenvalue weighted by Gasteiger charge is 2.37. The molecule has 1 saturated carbocycles. The van der Waals surface area contributed by atoms with Crippen molar-refractivity contribution in [2.75, 3.05) is 13.6 Å². The highest BCUT2D eigenvalue weighted by molar-refractivity contribution is 5.05. The Morgan fingerprint density at radius 1 is 1.32 bits per heavy atom. The Balaban J connectivity index is 2.01. The van der Waals surface area contributed by atoms with Crippen molar-refractivity contribution < 1.29 is 0 Å². The van der Waals surface area contributed by atoms with Gasteiger partial charge in [-0.15, -0.1) is 0 Å². The zero-order valence-corrected chi connectivity index (χ0v) is 12.8. The quantitative estimate of drug-likeness (QED) is 0.847. The summed E-state index contributed by atoms with van der Waals surface area (Å²) in [6.45, 7) is 5.56. The first-order chi connectivity index (χ1) is 9.09. The van der Waals surface area contributed by atoms with Crippen molar-refractivity contribution >= 4 is 0 Å². The van der Waals surface area contributed by atoms with Gasteiger partial charge in [0, 0.05) is 12.1 Å². The third kappa shape index (κ3) is 3.30. The second-order valence-electron chi connectivity index (χ2n) is 6.74. The number of hydrogen-bond acceptors (Lipinski definition) is 3. The number of piperidine rings is 1. The summed E-state index contributed by atoms with van der Waals surface area (Å²) in [7, 11) is 1.90. The van der Waals surface area contributed by atoms with Crippen molar-refractivity contribution in [1.29, 1.82) is 5.26 Å². The Kier molecular flexibility index (Phi) is 4.86. The smallest absolute Gasteiger partial charge is 0.105 e. The van der Waals surface area contributed by atoms with Crippen molar-refractivity contribution in [1.82, 2.24) is 10.2 Å². The predicted octanol–water partition coefficient (Wildman–Crippen LogP) is 2.92. The van der Waals surface area contributed by atoms with Gasteiger partial charge < -0.3 is 5.32 Å². The van der Waals surface area contributed by atoms with E-state index >= 15 is 0 Å². The number of likely N-dealkylation sites (tertiary alicyclic amines) is 1. The Hall–Kier alpha value is -0.590. The van der Waals surface area contributed by atoms with Crippen molar-refractivity contribution in [3.63, 3.8) is 0 Å². The van der Waals surface area contributed by atoms with Crippen LogP contribution in [0.15, 0.2) is 0 Å². The van der Waals surface area contributed by atoms with Crippen molar-refractivity contribution in [3.8, 4) is 6.07 Å². The lowest BCUT2D eigenvalue weighted by Gasteiger charge is -2.48. The van der Waals surface area contributed by atoms with Crippen LogP contribution in [0.2, 0.25) is 0 Å². The maximum Gasteiger partial charge on any atom is 0.105 e. The van der Waals surface area contributed by atoms with Crippen molar-refractivity contribution in [2.45, 2.75) is 76.4 Å². The number of rotatable bonds is 4. The summed E-state index contributed by atoms with van der Waals surface area (Å²) in [5, 5.41) is 12.5. The van der Waals surface area contributed by atoms with Crippen LogP contribution in [0.3, 0.4) is 0 Å². The molecule has 1 saturated heterocycles. The summed E-state index contributed by atoms with van der Waals surface area (Å²) in [6, 6.07) is 3.72. The van der Waals surface area contributed by atoms with Gasteiger partial charge in [0.05, 0.1) is 6.07 Å². The zero-order valence-electron chi connectivity index (χ0n) is 12.8. The third-order valence-corrected chi connectivity index (χ3v) is 5.35. The molecule has 3 heteroatoms. The van der Waals surface area contributed by atoms with Crippen LogP contribution in [0.4, 0.5) is 0 Å². The van der Waals surface area contributed by atoms with Gasteiger partial charge in [0.2, 0.25) is 0 Å². The minimum absolute atomic E-state index is 0.388. The van der Waals surface area contributed by atoms with E-state index in [2.05, 4.69) is 23.2 Å². The van der Waals surface area contributed by atoms with Crippen LogP contribution in [0.1, 0.15) is 58.8 Å². The predicted molar refractivity (Wildman–Crippen MR) is 78.8 cm³/mol. The molecule has 1 aliphatic carbocycles. The molecule has 0 aromatic rings. The van der Waals surface area contributed by atoms with Gasteiger partial charge in [0.25, 0.3) is 0 Å². The number of nitrogens with zero attached hydrogens (tertiary/aromatic N) is 2. The molecule has 0 radical (unpaired) electrons. The number of fused-ring (bicyclic) bond motifs is 1. The Labute approximate surface area is 118 Å². The van der Waals surface area contributed by atoms with E-state index in [0.717, 1.165) is 18.4 Å². The third-order valence-electron chi connectivity index (χ3n) is 5.35. The van der Waals surface area contributed by atoms with Crippen LogP contribution >= 0.6 is 0 Å². The Morgan fingerprint density at radius 2 is 2.00 bits per heavy atom. The van der Waals surface area contributed by atoms with Crippen LogP contribution in [0, 0.1) is 17.2 Å². The SMILES string of the molecule is CNC(C)(C#N)CC(C)N1CCC[C@H]2CCCC[C@H]21. The molecular formula is C16H29N3. The van der Waals surface area contributed by atoms with Gasteiger partial charge in [-0.25, -0.2) is 0 Å². The standard InChI is InChI=1S/C16H29N3/c1-13(11-16(2,12-17)18-3)19-10-6-8-14-7-4-5-9-15(14)19/h13-15,18H,4-11H2,1-3H3/t13?,14-,15-,16?/m1/s1. The van der Waals surface area contributed by atoms with Gasteiger partial charge in [-0.05, 0) is 65.5 Å². The van der Waals surface area contributed by atoms with Crippen LogP contribution in [-0.4, -0.2) is 36.1 Å². The van der Waals surface area contributed by atoms with E-state index in [1.807, 2.05) is 14.0 Å². The fourth-order valence-electron chi connectivity index (χ4n) is 4.12. The molecular weight excluding hydrogens is 234 g/mol. The lowest BCUT2D eigenvalue weighted by Crippen LogP contribution is -2.53. The average Bonchev–Trinajstić information content (AvgIpc) is 2.46. The molecule has 0 aromatic heterocycles. The molecule has 3 nitrogen and oxygen atoms in total. The summed E-state index contributed by atoms with van der Waals surface area (Å²) in [6.07, 6.45) is 9.31. The zero-order chi connectivity index (χ0) is 13.9. The summed E-state index contributed by atoms with van der Waals surface area (Å²) in [5.41, 5.74) is -0.388. The molecule has 0 aromatic carbocycles. The molecule has 108 valence electrons. The first kappa shape index (κ1) is 14.8. The van der Waals surface area contributed by atoms with Crippen LogP contribution in [0.25, 0.3) is 0 Å². The van der Waals surface area contributed by atoms with Crippen LogP contribution < -0.4 is 5.32 Å². The second kappa shape index (κ2) is 6.24. The largest absolute Gasteiger partial charge is 0.303 e. The van der Waals surface area contributed by atoms with Crippen molar-refractivity contribution in [3.05, 3.63) is 0 Å². The number of nitrogens with one attached hydrogen (secondary N) is 1. The summed E-state index contributed by atoms with van der Waals surface area (Å²) >= 11 is 0. The second-order valence-corrected chi connectivity index (χ2v) is 6.74. The Morgan fingerprint density at radius 3 is 2.68 bits per heavy atom. The van der Waals surface area contributed by atoms with Crippen molar-refractivity contribution in [2.24, 2.45) is 5.92 Å². The highest BCUT2D eigenvalue weighted by Crippen LogP contribution is 2.37. The first-order valence-electron chi connectivity index (χ1n) is 7.95. The first-order valence-corrected chi connectivity index (χ1v) is 7.95. The van der Waals surface area contributed by atoms with E-state index < -0.39 is 0 Å². The molecule has 2 fully saturated rings. The summed E-state index contributed by atoms with van der Waals surface area (Å²) in [4.78, 5) is 2.71. The molecule has 0 bridgehead atoms. The van der Waals surface area contributed by atoms with E-state index in [-0.39, 0.29) is 5.54 Å². The fraction of sp³-hybridized carbons (Fsp3) is 0.938. The van der Waals surface area contributed by atoms with Crippen LogP contribution in [0.5, 0.6) is 0 Å². The Bertz CT molecular complexity index is 333. The van der Waals surface area contributed by atoms with E-state index in [4.69, 9.17) is 0 Å². The maximum atomic E-state index is 9.33. The summed E-state index contributed by atoms with van der Waals surface area (Å²) in [5.74, 6) is 0.924. The van der Waals surface area contributed by atoms with Crippen LogP contribution in [-0.2, 0) is 0 Å². The molecule has 0 amide bonds. The molecule has 2 rings (SSSR count). The molecule has 0 spiro atoms. The van der Waals surface area contributed by atoms with Gasteiger partial charge in [0.1, 0.15) is 5.54 Å². The van der Waals surface area contributed by atoms with E-state index in [1.165, 1.54) is 45.1 Å². The molecule has 1 aliphatic heterocycles. The van der Waals surface area contributed by atoms with E-state index in [0.29, 0.717) is 6.04 Å². The van der Waals surface area contributed by atoms with Gasteiger partial charge in [0.15, 0.2) is 0 Å². The molecule has 2 aliphatic rings. The molecule has 1 N–H and O–H groups in total. The molecule has 4 atom stereocenters. The molecule has 2 unspecified atom stereocenters. The average molecular weight is 263 g/mol. The van der Waals surface area contributed by atoms with Gasteiger partial charge >= 0.3 is 0 Å². The lowest BCUT2D eigenvalue weighted by atomic mass is 9.77. The minimum Gasteiger partial charge on any atom is -0.303 e. The van der Waals surface area contributed by atoms with E-state index in [9.17, 15) is 5.26 Å². The summed E-state index contributed by atoms with van der Waals surface area (Å²) < 4.78 is 0. The monoisotopic (exact) mass is 263 g/mol. The van der Waals surface area contributed by atoms with Gasteiger partial charge in [-0.2, -0.15) is 5.26 Å². The fourth-order valence-corrected chi connectivity index (χ4v) is 4.12. The molecule has 1 heterocycles. The minimum atomic E-state index is -0.388.